The van der Waals surface area contributed by atoms with Crippen LogP contribution in [-0.2, 0) is 13.5 Å². The van der Waals surface area contributed by atoms with Crippen LogP contribution in [0.1, 0.15) is 17.4 Å². The Kier molecular flexibility index (Phi) is 3.72. The normalized spacial score (nSPS) is 12.7. The molecule has 7 heteroatoms. The van der Waals surface area contributed by atoms with Gasteiger partial charge in [-0.25, -0.2) is 13.5 Å². The number of halogens is 3. The van der Waals surface area contributed by atoms with Crippen LogP contribution >= 0.6 is 15.9 Å². The van der Waals surface area contributed by atoms with Crippen LogP contribution in [0.5, 0.6) is 0 Å². The van der Waals surface area contributed by atoms with E-state index in [1.54, 1.807) is 7.05 Å². The Morgan fingerprint density at radius 1 is 1.33 bits per heavy atom. The smallest absolute Gasteiger partial charge is 0.154 e. The molecular formula is C11H10BrF2N3O. The summed E-state index contributed by atoms with van der Waals surface area (Å²) in [6.07, 6.45) is -0.866. The van der Waals surface area contributed by atoms with Crippen molar-refractivity contribution in [1.29, 1.82) is 0 Å². The standard InChI is InChI=1S/C11H10BrF2N3O/c1-17-10(11(12)15-16-17)9(18)4-6-2-7(13)5-8(14)3-6/h2-3,5,9,18H,4H2,1H3. The summed E-state index contributed by atoms with van der Waals surface area (Å²) in [5.41, 5.74) is 0.827. The van der Waals surface area contributed by atoms with Crippen molar-refractivity contribution in [2.24, 2.45) is 7.05 Å². The summed E-state index contributed by atoms with van der Waals surface area (Å²) in [6, 6.07) is 3.16. The van der Waals surface area contributed by atoms with Crippen LogP contribution in [0.2, 0.25) is 0 Å². The first-order chi connectivity index (χ1) is 8.47. The summed E-state index contributed by atoms with van der Waals surface area (Å²) in [5, 5.41) is 17.5. The Bertz CT molecular complexity index is 534. The molecule has 4 nitrogen and oxygen atoms in total. The van der Waals surface area contributed by atoms with Crippen molar-refractivity contribution in [3.05, 3.63) is 45.7 Å². The molecule has 0 aliphatic rings. The molecule has 1 aromatic carbocycles. The summed E-state index contributed by atoms with van der Waals surface area (Å²) < 4.78 is 27.9. The fraction of sp³-hybridized carbons (Fsp3) is 0.273. The van der Waals surface area contributed by atoms with Gasteiger partial charge in [0.05, 0.1) is 0 Å². The summed E-state index contributed by atoms with van der Waals surface area (Å²) in [7, 11) is 1.63. The second-order valence-electron chi connectivity index (χ2n) is 3.89. The highest BCUT2D eigenvalue weighted by atomic mass is 79.9. The van der Waals surface area contributed by atoms with Crippen molar-refractivity contribution in [3.8, 4) is 0 Å². The molecule has 0 aliphatic carbocycles. The Morgan fingerprint density at radius 3 is 2.44 bits per heavy atom. The Balaban J connectivity index is 2.24. The van der Waals surface area contributed by atoms with E-state index in [0.717, 1.165) is 6.07 Å². The second kappa shape index (κ2) is 5.11. The number of aryl methyl sites for hydroxylation is 1. The number of hydrogen-bond donors (Lipinski definition) is 1. The van der Waals surface area contributed by atoms with E-state index in [2.05, 4.69) is 26.2 Å². The number of aliphatic hydroxyl groups excluding tert-OH is 1. The van der Waals surface area contributed by atoms with E-state index in [9.17, 15) is 13.9 Å². The average molecular weight is 318 g/mol. The minimum atomic E-state index is -0.944. The number of hydrogen-bond acceptors (Lipinski definition) is 3. The Hall–Kier alpha value is -1.34. The van der Waals surface area contributed by atoms with Gasteiger partial charge in [-0.1, -0.05) is 5.21 Å². The monoisotopic (exact) mass is 317 g/mol. The van der Waals surface area contributed by atoms with E-state index in [1.165, 1.54) is 16.8 Å². The van der Waals surface area contributed by atoms with Crippen molar-refractivity contribution in [1.82, 2.24) is 15.0 Å². The molecule has 96 valence electrons. The first kappa shape index (κ1) is 13.1. The maximum atomic E-state index is 13.0. The largest absolute Gasteiger partial charge is 0.386 e. The molecule has 0 amide bonds. The topological polar surface area (TPSA) is 50.9 Å². The molecule has 0 radical (unpaired) electrons. The van der Waals surface area contributed by atoms with Gasteiger partial charge < -0.3 is 5.11 Å². The van der Waals surface area contributed by atoms with Crippen molar-refractivity contribution < 1.29 is 13.9 Å². The van der Waals surface area contributed by atoms with Gasteiger partial charge in [-0.05, 0) is 33.6 Å². The molecular weight excluding hydrogens is 308 g/mol. The maximum absolute atomic E-state index is 13.0. The maximum Gasteiger partial charge on any atom is 0.154 e. The number of benzene rings is 1. The van der Waals surface area contributed by atoms with E-state index < -0.39 is 17.7 Å². The average Bonchev–Trinajstić information content (AvgIpc) is 2.56. The summed E-state index contributed by atoms with van der Waals surface area (Å²) in [5.74, 6) is -1.33. The van der Waals surface area contributed by atoms with Crippen LogP contribution in [0.15, 0.2) is 22.8 Å². The third-order valence-electron chi connectivity index (χ3n) is 2.49. The summed E-state index contributed by atoms with van der Waals surface area (Å²) >= 11 is 3.16. The molecule has 0 bridgehead atoms. The Morgan fingerprint density at radius 2 is 1.94 bits per heavy atom. The van der Waals surface area contributed by atoms with Crippen LogP contribution in [-0.4, -0.2) is 20.1 Å². The number of rotatable bonds is 3. The molecule has 0 aliphatic heterocycles. The lowest BCUT2D eigenvalue weighted by molar-refractivity contribution is 0.167. The zero-order chi connectivity index (χ0) is 13.3. The molecule has 0 saturated carbocycles. The van der Waals surface area contributed by atoms with Gasteiger partial charge in [-0.15, -0.1) is 5.10 Å². The van der Waals surface area contributed by atoms with E-state index in [0.29, 0.717) is 15.9 Å². The van der Waals surface area contributed by atoms with E-state index >= 15 is 0 Å². The van der Waals surface area contributed by atoms with Crippen LogP contribution in [0.25, 0.3) is 0 Å². The third kappa shape index (κ3) is 2.73. The number of aliphatic hydroxyl groups is 1. The van der Waals surface area contributed by atoms with Crippen LogP contribution in [0, 0.1) is 11.6 Å². The third-order valence-corrected chi connectivity index (χ3v) is 3.06. The fourth-order valence-electron chi connectivity index (χ4n) is 1.74. The number of aromatic nitrogens is 3. The molecule has 0 fully saturated rings. The minimum Gasteiger partial charge on any atom is -0.386 e. The molecule has 2 rings (SSSR count). The molecule has 2 aromatic rings. The van der Waals surface area contributed by atoms with Crippen molar-refractivity contribution in [2.75, 3.05) is 0 Å². The highest BCUT2D eigenvalue weighted by molar-refractivity contribution is 9.10. The predicted molar refractivity (Wildman–Crippen MR) is 63.7 cm³/mol. The fourth-order valence-corrected chi connectivity index (χ4v) is 2.33. The van der Waals surface area contributed by atoms with E-state index in [1.807, 2.05) is 0 Å². The van der Waals surface area contributed by atoms with Crippen molar-refractivity contribution in [2.45, 2.75) is 12.5 Å². The molecule has 0 spiro atoms. The SMILES string of the molecule is Cn1nnc(Br)c1C(O)Cc1cc(F)cc(F)c1. The van der Waals surface area contributed by atoms with E-state index in [4.69, 9.17) is 0 Å². The van der Waals surface area contributed by atoms with Gasteiger partial charge in [0.1, 0.15) is 23.4 Å². The summed E-state index contributed by atoms with van der Waals surface area (Å²) in [4.78, 5) is 0. The molecule has 1 aromatic heterocycles. The van der Waals surface area contributed by atoms with Gasteiger partial charge >= 0.3 is 0 Å². The lowest BCUT2D eigenvalue weighted by atomic mass is 10.1. The Labute approximate surface area is 110 Å². The van der Waals surface area contributed by atoms with Crippen molar-refractivity contribution in [3.63, 3.8) is 0 Å². The lowest BCUT2D eigenvalue weighted by Crippen LogP contribution is -2.09. The second-order valence-corrected chi connectivity index (χ2v) is 4.64. The zero-order valence-electron chi connectivity index (χ0n) is 9.44. The van der Waals surface area contributed by atoms with Gasteiger partial charge in [-0.2, -0.15) is 0 Å². The first-order valence-electron chi connectivity index (χ1n) is 5.15. The summed E-state index contributed by atoms with van der Waals surface area (Å²) in [6.45, 7) is 0. The number of nitrogens with zero attached hydrogens (tertiary/aromatic N) is 3. The molecule has 0 saturated heterocycles. The lowest BCUT2D eigenvalue weighted by Gasteiger charge is -2.11. The first-order valence-corrected chi connectivity index (χ1v) is 5.95. The molecule has 1 heterocycles. The predicted octanol–water partition coefficient (Wildman–Crippen LogP) is 2.13. The minimum absolute atomic E-state index is 0.0779. The molecule has 18 heavy (non-hydrogen) atoms. The highest BCUT2D eigenvalue weighted by Crippen LogP contribution is 2.24. The van der Waals surface area contributed by atoms with Crippen LogP contribution in [0.4, 0.5) is 8.78 Å². The van der Waals surface area contributed by atoms with Gasteiger partial charge in [0.25, 0.3) is 0 Å². The van der Waals surface area contributed by atoms with Gasteiger partial charge in [0, 0.05) is 19.5 Å². The quantitative estimate of drug-likeness (QED) is 0.943. The molecule has 1 unspecified atom stereocenters. The van der Waals surface area contributed by atoms with Gasteiger partial charge in [0.15, 0.2) is 4.60 Å². The van der Waals surface area contributed by atoms with Crippen molar-refractivity contribution >= 4 is 15.9 Å². The van der Waals surface area contributed by atoms with Crippen LogP contribution < -0.4 is 0 Å². The molecule has 1 atom stereocenters. The zero-order valence-corrected chi connectivity index (χ0v) is 11.0. The van der Waals surface area contributed by atoms with E-state index in [-0.39, 0.29) is 6.42 Å². The van der Waals surface area contributed by atoms with Gasteiger partial charge in [0.2, 0.25) is 0 Å². The highest BCUT2D eigenvalue weighted by Gasteiger charge is 2.18. The van der Waals surface area contributed by atoms with Gasteiger partial charge in [-0.3, -0.25) is 0 Å². The molecule has 1 N–H and O–H groups in total. The van der Waals surface area contributed by atoms with Crippen LogP contribution in [0.3, 0.4) is 0 Å².